The molecule has 0 aliphatic rings. The molecule has 0 radical (unpaired) electrons. The third kappa shape index (κ3) is 1.82. The largest absolute Gasteiger partial charge is 0.467 e. The van der Waals surface area contributed by atoms with E-state index in [4.69, 9.17) is 20.4 Å². The van der Waals surface area contributed by atoms with Crippen molar-refractivity contribution >= 4 is 22.6 Å². The van der Waals surface area contributed by atoms with Crippen molar-refractivity contribution in [1.82, 2.24) is 5.32 Å². The van der Waals surface area contributed by atoms with Gasteiger partial charge in [0.15, 0.2) is 5.58 Å². The zero-order valence-corrected chi connectivity index (χ0v) is 10.6. The summed E-state index contributed by atoms with van der Waals surface area (Å²) < 4.78 is 11.2. The van der Waals surface area contributed by atoms with Crippen molar-refractivity contribution in [3.63, 3.8) is 0 Å². The molecule has 0 saturated heterocycles. The molecule has 0 aliphatic heterocycles. The number of nitrogens with one attached hydrogen (secondary N) is 1. The highest BCUT2D eigenvalue weighted by atomic mass is 35.5. The predicted octanol–water partition coefficient (Wildman–Crippen LogP) is 3.99. The quantitative estimate of drug-likeness (QED) is 0.775. The van der Waals surface area contributed by atoms with Gasteiger partial charge in [0, 0.05) is 5.39 Å². The first-order valence-corrected chi connectivity index (χ1v) is 6.06. The molecule has 2 heterocycles. The Morgan fingerprint density at radius 1 is 1.17 bits per heavy atom. The third-order valence-electron chi connectivity index (χ3n) is 2.92. The summed E-state index contributed by atoms with van der Waals surface area (Å²) in [5.41, 5.74) is 0.709. The van der Waals surface area contributed by atoms with E-state index in [2.05, 4.69) is 5.32 Å². The number of rotatable bonds is 3. The Labute approximate surface area is 109 Å². The van der Waals surface area contributed by atoms with Crippen molar-refractivity contribution in [2.75, 3.05) is 7.05 Å². The molecule has 0 spiro atoms. The van der Waals surface area contributed by atoms with Gasteiger partial charge in [-0.1, -0.05) is 23.7 Å². The second kappa shape index (κ2) is 4.52. The van der Waals surface area contributed by atoms with Crippen LogP contribution in [0.3, 0.4) is 0 Å². The molecule has 4 heteroatoms. The molecular weight excluding hydrogens is 250 g/mol. The second-order valence-electron chi connectivity index (χ2n) is 4.04. The fourth-order valence-corrected chi connectivity index (χ4v) is 2.29. The first-order chi connectivity index (χ1) is 8.79. The molecule has 3 nitrogen and oxygen atoms in total. The molecule has 18 heavy (non-hydrogen) atoms. The van der Waals surface area contributed by atoms with E-state index in [0.717, 1.165) is 16.9 Å². The highest BCUT2D eigenvalue weighted by Gasteiger charge is 2.19. The third-order valence-corrected chi connectivity index (χ3v) is 3.21. The SMILES string of the molecule is CNC(c1ccco1)c1cc2cccc(Cl)c2o1. The van der Waals surface area contributed by atoms with Gasteiger partial charge in [0.2, 0.25) is 0 Å². The number of furan rings is 2. The Morgan fingerprint density at radius 3 is 2.72 bits per heavy atom. The maximum absolute atomic E-state index is 6.11. The van der Waals surface area contributed by atoms with E-state index >= 15 is 0 Å². The molecule has 3 aromatic rings. The van der Waals surface area contributed by atoms with Gasteiger partial charge in [-0.25, -0.2) is 0 Å². The molecule has 92 valence electrons. The van der Waals surface area contributed by atoms with Crippen LogP contribution >= 0.6 is 11.6 Å². The molecule has 0 bridgehead atoms. The molecule has 0 saturated carbocycles. The molecule has 1 unspecified atom stereocenters. The van der Waals surface area contributed by atoms with Gasteiger partial charge in [-0.3, -0.25) is 0 Å². The highest BCUT2D eigenvalue weighted by molar-refractivity contribution is 6.34. The summed E-state index contributed by atoms with van der Waals surface area (Å²) in [5, 5.41) is 4.78. The van der Waals surface area contributed by atoms with Crippen LogP contribution in [0.5, 0.6) is 0 Å². The van der Waals surface area contributed by atoms with Crippen LogP contribution in [0.4, 0.5) is 0 Å². The fourth-order valence-electron chi connectivity index (χ4n) is 2.07. The minimum absolute atomic E-state index is 0.108. The molecule has 2 aromatic heterocycles. The molecule has 1 atom stereocenters. The van der Waals surface area contributed by atoms with Gasteiger partial charge in [-0.2, -0.15) is 0 Å². The van der Waals surface area contributed by atoms with E-state index in [0.29, 0.717) is 10.6 Å². The van der Waals surface area contributed by atoms with Crippen LogP contribution in [0.1, 0.15) is 17.6 Å². The smallest absolute Gasteiger partial charge is 0.152 e. The summed E-state index contributed by atoms with van der Waals surface area (Å²) in [5.74, 6) is 1.60. The maximum atomic E-state index is 6.11. The summed E-state index contributed by atoms with van der Waals surface area (Å²) in [7, 11) is 1.86. The van der Waals surface area contributed by atoms with E-state index in [1.54, 1.807) is 6.26 Å². The molecule has 0 amide bonds. The average molecular weight is 262 g/mol. The van der Waals surface area contributed by atoms with Crippen molar-refractivity contribution in [3.8, 4) is 0 Å². The number of para-hydroxylation sites is 1. The summed E-state index contributed by atoms with van der Waals surface area (Å²) in [4.78, 5) is 0. The van der Waals surface area contributed by atoms with Crippen LogP contribution < -0.4 is 5.32 Å². The van der Waals surface area contributed by atoms with Crippen LogP contribution in [0.25, 0.3) is 11.0 Å². The molecule has 1 N–H and O–H groups in total. The van der Waals surface area contributed by atoms with E-state index in [1.165, 1.54) is 0 Å². The van der Waals surface area contributed by atoms with Crippen LogP contribution in [0.15, 0.2) is 51.5 Å². The lowest BCUT2D eigenvalue weighted by molar-refractivity contribution is 0.415. The van der Waals surface area contributed by atoms with Crippen molar-refractivity contribution in [2.45, 2.75) is 6.04 Å². The normalized spacial score (nSPS) is 13.0. The molecule has 3 rings (SSSR count). The van der Waals surface area contributed by atoms with Gasteiger partial charge in [-0.05, 0) is 31.3 Å². The van der Waals surface area contributed by atoms with Crippen LogP contribution in [-0.2, 0) is 0 Å². The zero-order chi connectivity index (χ0) is 12.5. The van der Waals surface area contributed by atoms with Crippen molar-refractivity contribution in [2.24, 2.45) is 0 Å². The number of fused-ring (bicyclic) bond motifs is 1. The Morgan fingerprint density at radius 2 is 2.06 bits per heavy atom. The van der Waals surface area contributed by atoms with Gasteiger partial charge >= 0.3 is 0 Å². The first kappa shape index (κ1) is 11.4. The van der Waals surface area contributed by atoms with Crippen LogP contribution in [0, 0.1) is 0 Å². The minimum atomic E-state index is -0.108. The topological polar surface area (TPSA) is 38.3 Å². The van der Waals surface area contributed by atoms with E-state index < -0.39 is 0 Å². The zero-order valence-electron chi connectivity index (χ0n) is 9.81. The average Bonchev–Trinajstić information content (AvgIpc) is 3.00. The summed E-state index contributed by atoms with van der Waals surface area (Å²) in [6.07, 6.45) is 1.65. The minimum Gasteiger partial charge on any atom is -0.467 e. The lowest BCUT2D eigenvalue weighted by atomic mass is 10.1. The Hall–Kier alpha value is -1.71. The standard InChI is InChI=1S/C14H12ClNO2/c1-16-13(11-6-3-7-17-11)12-8-9-4-2-5-10(15)14(9)18-12/h2-8,13,16H,1H3. The summed E-state index contributed by atoms with van der Waals surface area (Å²) in [6, 6.07) is 11.3. The summed E-state index contributed by atoms with van der Waals surface area (Å²) in [6.45, 7) is 0. The van der Waals surface area contributed by atoms with Gasteiger partial charge in [0.1, 0.15) is 17.6 Å². The maximum Gasteiger partial charge on any atom is 0.152 e. The molecule has 1 aromatic carbocycles. The Kier molecular flexibility index (Phi) is 2.86. The number of benzene rings is 1. The molecular formula is C14H12ClNO2. The van der Waals surface area contributed by atoms with Gasteiger partial charge in [-0.15, -0.1) is 0 Å². The van der Waals surface area contributed by atoms with Crippen molar-refractivity contribution in [3.05, 3.63) is 59.2 Å². The monoisotopic (exact) mass is 261 g/mol. The van der Waals surface area contributed by atoms with E-state index in [1.807, 2.05) is 43.4 Å². The van der Waals surface area contributed by atoms with Crippen LogP contribution in [-0.4, -0.2) is 7.05 Å². The predicted molar refractivity (Wildman–Crippen MR) is 70.8 cm³/mol. The van der Waals surface area contributed by atoms with Gasteiger partial charge < -0.3 is 14.2 Å². The van der Waals surface area contributed by atoms with Crippen LogP contribution in [0.2, 0.25) is 5.02 Å². The number of hydrogen-bond donors (Lipinski definition) is 1. The van der Waals surface area contributed by atoms with Crippen molar-refractivity contribution < 1.29 is 8.83 Å². The Balaban J connectivity index is 2.11. The second-order valence-corrected chi connectivity index (χ2v) is 4.45. The van der Waals surface area contributed by atoms with E-state index in [-0.39, 0.29) is 6.04 Å². The first-order valence-electron chi connectivity index (χ1n) is 5.68. The fraction of sp³-hybridized carbons (Fsp3) is 0.143. The Bertz CT molecular complexity index is 658. The molecule has 0 fully saturated rings. The summed E-state index contributed by atoms with van der Waals surface area (Å²) >= 11 is 6.11. The number of halogens is 1. The van der Waals surface area contributed by atoms with E-state index in [9.17, 15) is 0 Å². The molecule has 0 aliphatic carbocycles. The highest BCUT2D eigenvalue weighted by Crippen LogP contribution is 2.31. The lowest BCUT2D eigenvalue weighted by Gasteiger charge is -2.09. The van der Waals surface area contributed by atoms with Gasteiger partial charge in [0.25, 0.3) is 0 Å². The van der Waals surface area contributed by atoms with Gasteiger partial charge in [0.05, 0.1) is 11.3 Å². The van der Waals surface area contributed by atoms with Crippen molar-refractivity contribution in [1.29, 1.82) is 0 Å². The number of hydrogen-bond acceptors (Lipinski definition) is 3. The lowest BCUT2D eigenvalue weighted by Crippen LogP contribution is -2.16.